The molecule has 0 atom stereocenters. The van der Waals surface area contributed by atoms with Crippen LogP contribution in [-0.2, 0) is 10.1 Å². The van der Waals surface area contributed by atoms with Crippen LogP contribution in [0.15, 0.2) is 0 Å². The van der Waals surface area contributed by atoms with Gasteiger partial charge < -0.3 is 10.4 Å². The van der Waals surface area contributed by atoms with Gasteiger partial charge in [0.15, 0.2) is 0 Å². The Bertz CT molecular complexity index is 307. The van der Waals surface area contributed by atoms with Crippen molar-refractivity contribution in [2.24, 2.45) is 0 Å². The summed E-state index contributed by atoms with van der Waals surface area (Å²) in [6.07, 6.45) is 12.6. The first kappa shape index (κ1) is 20.8. The fourth-order valence-corrected chi connectivity index (χ4v) is 2.79. The predicted molar refractivity (Wildman–Crippen MR) is 87.2 cm³/mol. The van der Waals surface area contributed by atoms with Gasteiger partial charge in [-0.15, -0.1) is 0 Å². The summed E-state index contributed by atoms with van der Waals surface area (Å²) in [4.78, 5) is 0. The van der Waals surface area contributed by atoms with Gasteiger partial charge in [-0.1, -0.05) is 51.4 Å². The maximum atomic E-state index is 10.5. The van der Waals surface area contributed by atoms with Gasteiger partial charge in [-0.25, -0.2) is 0 Å². The minimum Gasteiger partial charge on any atom is -0.396 e. The van der Waals surface area contributed by atoms with Crippen LogP contribution < -0.4 is 5.32 Å². The van der Waals surface area contributed by atoms with E-state index in [1.165, 1.54) is 44.9 Å². The molecule has 0 radical (unpaired) electrons. The minimum atomic E-state index is -3.79. The van der Waals surface area contributed by atoms with Gasteiger partial charge in [-0.05, 0) is 32.4 Å². The normalized spacial score (nSPS) is 11.9. The van der Waals surface area contributed by atoms with Crippen LogP contribution in [0.1, 0.15) is 70.6 Å². The Hall–Kier alpha value is -0.170. The molecule has 0 saturated heterocycles. The van der Waals surface area contributed by atoms with Gasteiger partial charge in [0, 0.05) is 6.61 Å². The summed E-state index contributed by atoms with van der Waals surface area (Å²) >= 11 is 0. The summed E-state index contributed by atoms with van der Waals surface area (Å²) in [6.45, 7) is 1.89. The lowest BCUT2D eigenvalue weighted by molar-refractivity contribution is 0.282. The van der Waals surface area contributed by atoms with Crippen molar-refractivity contribution in [1.29, 1.82) is 0 Å². The van der Waals surface area contributed by atoms with Crippen LogP contribution in [0.25, 0.3) is 0 Å². The van der Waals surface area contributed by atoms with Gasteiger partial charge in [0.25, 0.3) is 10.1 Å². The van der Waals surface area contributed by atoms with Crippen molar-refractivity contribution in [3.63, 3.8) is 0 Å². The average Bonchev–Trinajstić information content (AvgIpc) is 2.42. The number of aliphatic hydroxyl groups excluding tert-OH is 1. The molecule has 0 aliphatic carbocycles. The Morgan fingerprint density at radius 1 is 0.667 bits per heavy atom. The second-order valence-electron chi connectivity index (χ2n) is 5.65. The Labute approximate surface area is 130 Å². The molecule has 0 unspecified atom stereocenters. The van der Waals surface area contributed by atoms with Gasteiger partial charge in [0.1, 0.15) is 0 Å². The molecule has 0 heterocycles. The van der Waals surface area contributed by atoms with E-state index in [-0.39, 0.29) is 5.75 Å². The summed E-state index contributed by atoms with van der Waals surface area (Å²) in [5.74, 6) is -0.154. The summed E-state index contributed by atoms with van der Waals surface area (Å²) < 4.78 is 29.5. The monoisotopic (exact) mass is 323 g/mol. The highest BCUT2D eigenvalue weighted by molar-refractivity contribution is 7.85. The zero-order chi connectivity index (χ0) is 15.8. The number of nitrogens with one attached hydrogen (secondary N) is 1. The highest BCUT2D eigenvalue weighted by Crippen LogP contribution is 2.10. The largest absolute Gasteiger partial charge is 0.396 e. The molecule has 0 aromatic rings. The smallest absolute Gasteiger partial charge is 0.264 e. The average molecular weight is 323 g/mol. The lowest BCUT2D eigenvalue weighted by Crippen LogP contribution is -2.19. The molecule has 0 aromatic carbocycles. The second-order valence-corrected chi connectivity index (χ2v) is 7.22. The van der Waals surface area contributed by atoms with Gasteiger partial charge in [0.2, 0.25) is 0 Å². The molecule has 128 valence electrons. The molecule has 3 N–H and O–H groups in total. The van der Waals surface area contributed by atoms with Crippen molar-refractivity contribution < 1.29 is 18.1 Å². The fraction of sp³-hybridized carbons (Fsp3) is 1.00. The molecule has 0 fully saturated rings. The van der Waals surface area contributed by atoms with Crippen LogP contribution in [0.2, 0.25) is 0 Å². The lowest BCUT2D eigenvalue weighted by Gasteiger charge is -2.04. The number of hydrogen-bond acceptors (Lipinski definition) is 4. The van der Waals surface area contributed by atoms with E-state index in [0.717, 1.165) is 25.8 Å². The molecule has 21 heavy (non-hydrogen) atoms. The number of unbranched alkanes of at least 4 members (excludes halogenated alkanes) is 9. The maximum absolute atomic E-state index is 10.5. The Balaban J connectivity index is 3.03. The molecular weight excluding hydrogens is 290 g/mol. The summed E-state index contributed by atoms with van der Waals surface area (Å²) in [5.41, 5.74) is 0. The number of aliphatic hydroxyl groups is 1. The topological polar surface area (TPSA) is 86.6 Å². The van der Waals surface area contributed by atoms with E-state index < -0.39 is 10.1 Å². The van der Waals surface area contributed by atoms with E-state index in [1.807, 2.05) is 0 Å². The molecule has 0 saturated carbocycles. The minimum absolute atomic E-state index is 0.154. The molecular formula is C15H33NO4S. The Morgan fingerprint density at radius 3 is 1.57 bits per heavy atom. The third kappa shape index (κ3) is 19.8. The molecule has 0 rings (SSSR count). The van der Waals surface area contributed by atoms with Crippen molar-refractivity contribution in [2.45, 2.75) is 70.6 Å². The van der Waals surface area contributed by atoms with Gasteiger partial charge in [-0.2, -0.15) is 8.42 Å². The molecule has 0 aromatic heterocycles. The van der Waals surface area contributed by atoms with Crippen molar-refractivity contribution in [2.75, 3.05) is 25.4 Å². The number of rotatable bonds is 16. The Morgan fingerprint density at radius 2 is 1.10 bits per heavy atom. The van der Waals surface area contributed by atoms with E-state index in [0.29, 0.717) is 19.6 Å². The van der Waals surface area contributed by atoms with Crippen LogP contribution in [-0.4, -0.2) is 43.5 Å². The zero-order valence-corrected chi connectivity index (χ0v) is 14.0. The van der Waals surface area contributed by atoms with Crippen LogP contribution in [0.4, 0.5) is 0 Å². The van der Waals surface area contributed by atoms with Crippen molar-refractivity contribution >= 4 is 10.1 Å². The van der Waals surface area contributed by atoms with Gasteiger partial charge in [0.05, 0.1) is 5.75 Å². The highest BCUT2D eigenvalue weighted by Gasteiger charge is 2.02. The van der Waals surface area contributed by atoms with E-state index >= 15 is 0 Å². The second kappa shape index (κ2) is 14.8. The van der Waals surface area contributed by atoms with E-state index in [9.17, 15) is 8.42 Å². The number of hydrogen-bond donors (Lipinski definition) is 3. The summed E-state index contributed by atoms with van der Waals surface area (Å²) in [5, 5.41) is 11.8. The summed E-state index contributed by atoms with van der Waals surface area (Å²) in [7, 11) is -3.79. The predicted octanol–water partition coefficient (Wildman–Crippen LogP) is 2.75. The quantitative estimate of drug-likeness (QED) is 0.300. The van der Waals surface area contributed by atoms with Crippen molar-refractivity contribution in [3.8, 4) is 0 Å². The SMILES string of the molecule is O=S(=O)(O)CCCNCCCCCCCCCCCCO. The molecule has 6 heteroatoms. The van der Waals surface area contributed by atoms with Crippen molar-refractivity contribution in [1.82, 2.24) is 5.32 Å². The molecule has 0 spiro atoms. The first-order valence-corrected chi connectivity index (χ1v) is 9.94. The lowest BCUT2D eigenvalue weighted by atomic mass is 10.1. The molecule has 5 nitrogen and oxygen atoms in total. The molecule has 0 aliphatic rings. The fourth-order valence-electron chi connectivity index (χ4n) is 2.28. The van der Waals surface area contributed by atoms with E-state index in [2.05, 4.69) is 5.32 Å². The first-order valence-electron chi connectivity index (χ1n) is 8.33. The molecule has 0 amide bonds. The van der Waals surface area contributed by atoms with E-state index in [4.69, 9.17) is 9.66 Å². The maximum Gasteiger partial charge on any atom is 0.264 e. The van der Waals surface area contributed by atoms with Crippen molar-refractivity contribution in [3.05, 3.63) is 0 Å². The standard InChI is InChI=1S/C15H33NO4S/c17-14-10-8-6-4-2-1-3-5-7-9-12-16-13-11-15-21(18,19)20/h16-17H,1-15H2,(H,18,19,20). The summed E-state index contributed by atoms with van der Waals surface area (Å²) in [6, 6.07) is 0. The van der Waals surface area contributed by atoms with Crippen LogP contribution in [0.3, 0.4) is 0 Å². The third-order valence-corrected chi connectivity index (χ3v) is 4.32. The zero-order valence-electron chi connectivity index (χ0n) is 13.2. The molecule has 0 bridgehead atoms. The van der Waals surface area contributed by atoms with Gasteiger partial charge in [-0.3, -0.25) is 4.55 Å². The van der Waals surface area contributed by atoms with Crippen LogP contribution >= 0.6 is 0 Å². The van der Waals surface area contributed by atoms with Crippen LogP contribution in [0, 0.1) is 0 Å². The molecule has 0 aliphatic heterocycles. The Kier molecular flexibility index (Phi) is 14.6. The van der Waals surface area contributed by atoms with Crippen LogP contribution in [0.5, 0.6) is 0 Å². The third-order valence-electron chi connectivity index (χ3n) is 3.52. The first-order chi connectivity index (χ1) is 10.1. The van der Waals surface area contributed by atoms with E-state index in [1.54, 1.807) is 0 Å². The highest BCUT2D eigenvalue weighted by atomic mass is 32.2. The van der Waals surface area contributed by atoms with Gasteiger partial charge >= 0.3 is 0 Å².